The number of amides is 1. The van der Waals surface area contributed by atoms with Crippen molar-refractivity contribution in [1.82, 2.24) is 9.88 Å². The van der Waals surface area contributed by atoms with Crippen LogP contribution in [-0.4, -0.2) is 28.9 Å². The van der Waals surface area contributed by atoms with E-state index in [4.69, 9.17) is 11.6 Å². The monoisotopic (exact) mass is 276 g/mol. The number of hydrogen-bond acceptors (Lipinski definition) is 2. The van der Waals surface area contributed by atoms with Crippen molar-refractivity contribution in [3.8, 4) is 0 Å². The van der Waals surface area contributed by atoms with Gasteiger partial charge in [0, 0.05) is 18.5 Å². The van der Waals surface area contributed by atoms with Gasteiger partial charge in [-0.05, 0) is 26.0 Å². The molecule has 0 aliphatic rings. The molecule has 4 heteroatoms. The van der Waals surface area contributed by atoms with Gasteiger partial charge in [-0.15, -0.1) is 0 Å². The van der Waals surface area contributed by atoms with E-state index in [9.17, 15) is 4.79 Å². The number of carbonyl (C=O) groups is 1. The first-order valence-corrected chi connectivity index (χ1v) is 6.85. The summed E-state index contributed by atoms with van der Waals surface area (Å²) in [5, 5.41) is 1.61. The van der Waals surface area contributed by atoms with Gasteiger partial charge in [0.1, 0.15) is 0 Å². The normalized spacial score (nSPS) is 10.7. The maximum atomic E-state index is 12.0. The molecule has 1 heterocycles. The molecule has 100 valence electrons. The fourth-order valence-electron chi connectivity index (χ4n) is 2.09. The van der Waals surface area contributed by atoms with Crippen molar-refractivity contribution in [1.29, 1.82) is 0 Å². The van der Waals surface area contributed by atoms with Crippen molar-refractivity contribution in [2.45, 2.75) is 20.3 Å². The molecule has 1 amide bonds. The van der Waals surface area contributed by atoms with Crippen LogP contribution in [0, 0.1) is 0 Å². The van der Waals surface area contributed by atoms with Crippen LogP contribution >= 0.6 is 11.6 Å². The smallest absolute Gasteiger partial charge is 0.228 e. The quantitative estimate of drug-likeness (QED) is 0.858. The first-order valence-electron chi connectivity index (χ1n) is 6.47. The summed E-state index contributed by atoms with van der Waals surface area (Å²) >= 11 is 6.12. The van der Waals surface area contributed by atoms with E-state index in [1.165, 1.54) is 0 Å². The van der Waals surface area contributed by atoms with E-state index >= 15 is 0 Å². The Morgan fingerprint density at radius 3 is 2.63 bits per heavy atom. The van der Waals surface area contributed by atoms with Crippen LogP contribution in [0.3, 0.4) is 0 Å². The molecular formula is C15H17ClN2O. The zero-order valence-corrected chi connectivity index (χ0v) is 11.9. The first kappa shape index (κ1) is 13.8. The molecule has 19 heavy (non-hydrogen) atoms. The van der Waals surface area contributed by atoms with Crippen molar-refractivity contribution < 1.29 is 4.79 Å². The second-order valence-corrected chi connectivity index (χ2v) is 4.76. The second kappa shape index (κ2) is 6.02. The van der Waals surface area contributed by atoms with E-state index in [1.807, 2.05) is 44.2 Å². The Morgan fingerprint density at radius 1 is 1.21 bits per heavy atom. The maximum absolute atomic E-state index is 12.0. The largest absolute Gasteiger partial charge is 0.343 e. The van der Waals surface area contributed by atoms with E-state index < -0.39 is 0 Å². The topological polar surface area (TPSA) is 33.2 Å². The van der Waals surface area contributed by atoms with Gasteiger partial charge in [0.15, 0.2) is 0 Å². The molecule has 0 saturated heterocycles. The fraction of sp³-hybridized carbons (Fsp3) is 0.333. The van der Waals surface area contributed by atoms with E-state index in [2.05, 4.69) is 4.98 Å². The van der Waals surface area contributed by atoms with E-state index in [-0.39, 0.29) is 5.91 Å². The molecule has 0 unspecified atom stereocenters. The van der Waals surface area contributed by atoms with Crippen molar-refractivity contribution >= 4 is 28.4 Å². The zero-order valence-electron chi connectivity index (χ0n) is 11.2. The summed E-state index contributed by atoms with van der Waals surface area (Å²) in [7, 11) is 0. The molecule has 0 atom stereocenters. The van der Waals surface area contributed by atoms with E-state index in [0.717, 1.165) is 29.7 Å². The van der Waals surface area contributed by atoms with Gasteiger partial charge in [-0.2, -0.15) is 0 Å². The lowest BCUT2D eigenvalue weighted by molar-refractivity contribution is -0.130. The third-order valence-electron chi connectivity index (χ3n) is 3.18. The highest BCUT2D eigenvalue weighted by molar-refractivity contribution is 6.35. The maximum Gasteiger partial charge on any atom is 0.228 e. The van der Waals surface area contributed by atoms with Gasteiger partial charge in [-0.3, -0.25) is 9.78 Å². The number of pyridine rings is 1. The molecule has 0 bridgehead atoms. The molecule has 0 aliphatic carbocycles. The molecule has 0 aliphatic heterocycles. The number of para-hydroxylation sites is 1. The number of hydrogen-bond donors (Lipinski definition) is 0. The minimum absolute atomic E-state index is 0.101. The highest BCUT2D eigenvalue weighted by Crippen LogP contribution is 2.21. The van der Waals surface area contributed by atoms with Crippen molar-refractivity contribution in [3.05, 3.63) is 41.0 Å². The lowest BCUT2D eigenvalue weighted by Crippen LogP contribution is -2.31. The average Bonchev–Trinajstić information content (AvgIpc) is 2.41. The predicted molar refractivity (Wildman–Crippen MR) is 78.4 cm³/mol. The summed E-state index contributed by atoms with van der Waals surface area (Å²) in [4.78, 5) is 18.3. The first-order chi connectivity index (χ1) is 9.15. The Morgan fingerprint density at radius 2 is 1.95 bits per heavy atom. The van der Waals surface area contributed by atoms with Gasteiger partial charge in [0.2, 0.25) is 5.91 Å². The predicted octanol–water partition coefficient (Wildman–Crippen LogP) is 3.30. The number of aromatic nitrogens is 1. The summed E-state index contributed by atoms with van der Waals surface area (Å²) in [5.41, 5.74) is 1.52. The fourth-order valence-corrected chi connectivity index (χ4v) is 2.32. The van der Waals surface area contributed by atoms with Gasteiger partial charge >= 0.3 is 0 Å². The lowest BCUT2D eigenvalue weighted by atomic mass is 10.1. The molecule has 2 rings (SSSR count). The SMILES string of the molecule is CCN(CC)C(=O)Cc1ccc2cccc(Cl)c2n1. The molecule has 3 nitrogen and oxygen atoms in total. The Hall–Kier alpha value is -1.61. The molecule has 0 radical (unpaired) electrons. The van der Waals surface area contributed by atoms with Gasteiger partial charge < -0.3 is 4.90 Å². The third kappa shape index (κ3) is 3.04. The molecule has 2 aromatic rings. The molecule has 1 aromatic carbocycles. The summed E-state index contributed by atoms with van der Waals surface area (Å²) in [5.74, 6) is 0.101. The average molecular weight is 277 g/mol. The van der Waals surface area contributed by atoms with Crippen LogP contribution in [0.25, 0.3) is 10.9 Å². The molecule has 0 fully saturated rings. The van der Waals surface area contributed by atoms with E-state index in [0.29, 0.717) is 11.4 Å². The number of nitrogens with zero attached hydrogens (tertiary/aromatic N) is 2. The Labute approximate surface area is 118 Å². The number of carbonyl (C=O) groups excluding carboxylic acids is 1. The standard InChI is InChI=1S/C15H17ClN2O/c1-3-18(4-2)14(19)10-12-9-8-11-6-5-7-13(16)15(11)17-12/h5-9H,3-4,10H2,1-2H3. The zero-order chi connectivity index (χ0) is 13.8. The van der Waals surface area contributed by atoms with Crippen LogP contribution in [0.2, 0.25) is 5.02 Å². The molecule has 0 saturated carbocycles. The van der Waals surface area contributed by atoms with Crippen LogP contribution in [0.1, 0.15) is 19.5 Å². The van der Waals surface area contributed by atoms with Gasteiger partial charge in [-0.25, -0.2) is 0 Å². The minimum Gasteiger partial charge on any atom is -0.343 e. The van der Waals surface area contributed by atoms with Crippen molar-refractivity contribution in [2.75, 3.05) is 13.1 Å². The summed E-state index contributed by atoms with van der Waals surface area (Å²) in [6, 6.07) is 9.52. The Bertz CT molecular complexity index is 594. The molecule has 1 aromatic heterocycles. The molecule has 0 N–H and O–H groups in total. The number of halogens is 1. The second-order valence-electron chi connectivity index (χ2n) is 4.36. The number of rotatable bonds is 4. The lowest BCUT2D eigenvalue weighted by Gasteiger charge is -2.18. The summed E-state index contributed by atoms with van der Waals surface area (Å²) < 4.78 is 0. The molecular weight excluding hydrogens is 260 g/mol. The highest BCUT2D eigenvalue weighted by Gasteiger charge is 2.11. The van der Waals surface area contributed by atoms with Crippen LogP contribution < -0.4 is 0 Å². The van der Waals surface area contributed by atoms with E-state index in [1.54, 1.807) is 4.90 Å². The number of benzene rings is 1. The van der Waals surface area contributed by atoms with Crippen LogP contribution in [0.5, 0.6) is 0 Å². The third-order valence-corrected chi connectivity index (χ3v) is 3.48. The Balaban J connectivity index is 2.27. The Kier molecular flexibility index (Phi) is 4.38. The van der Waals surface area contributed by atoms with Crippen LogP contribution in [0.4, 0.5) is 0 Å². The van der Waals surface area contributed by atoms with Gasteiger partial charge in [-0.1, -0.05) is 29.8 Å². The van der Waals surface area contributed by atoms with Gasteiger partial charge in [0.25, 0.3) is 0 Å². The number of fused-ring (bicyclic) bond motifs is 1. The van der Waals surface area contributed by atoms with Crippen LogP contribution in [0.15, 0.2) is 30.3 Å². The van der Waals surface area contributed by atoms with Crippen LogP contribution in [-0.2, 0) is 11.2 Å². The highest BCUT2D eigenvalue weighted by atomic mass is 35.5. The minimum atomic E-state index is 0.101. The molecule has 0 spiro atoms. The van der Waals surface area contributed by atoms with Crippen molar-refractivity contribution in [2.24, 2.45) is 0 Å². The summed E-state index contributed by atoms with van der Waals surface area (Å²) in [6.45, 7) is 5.41. The van der Waals surface area contributed by atoms with Crippen molar-refractivity contribution in [3.63, 3.8) is 0 Å². The number of likely N-dealkylation sites (N-methyl/N-ethyl adjacent to an activating group) is 1. The summed E-state index contributed by atoms with van der Waals surface area (Å²) in [6.07, 6.45) is 0.322. The van der Waals surface area contributed by atoms with Gasteiger partial charge in [0.05, 0.1) is 22.7 Å².